The van der Waals surface area contributed by atoms with E-state index in [1.54, 1.807) is 0 Å². The molecule has 1 heteroatoms. The molecule has 0 amide bonds. The van der Waals surface area contributed by atoms with Gasteiger partial charge in [-0.3, -0.25) is 0 Å². The summed E-state index contributed by atoms with van der Waals surface area (Å²) in [5.74, 6) is 0. The van der Waals surface area contributed by atoms with Crippen molar-refractivity contribution in [2.75, 3.05) is 0 Å². The molecule has 8 aromatic rings. The van der Waals surface area contributed by atoms with Gasteiger partial charge in [-0.05, 0) is 67.1 Å². The van der Waals surface area contributed by atoms with Crippen LogP contribution in [0.3, 0.4) is 0 Å². The van der Waals surface area contributed by atoms with Crippen molar-refractivity contribution < 1.29 is 0 Å². The summed E-state index contributed by atoms with van der Waals surface area (Å²) in [6.07, 6.45) is 0. The van der Waals surface area contributed by atoms with Crippen molar-refractivity contribution in [3.8, 4) is 33.4 Å². The van der Waals surface area contributed by atoms with Gasteiger partial charge in [-0.1, -0.05) is 133 Å². The van der Waals surface area contributed by atoms with Crippen molar-refractivity contribution in [1.82, 2.24) is 4.98 Å². The molecule has 0 atom stereocenters. The third-order valence-corrected chi connectivity index (χ3v) is 8.01. The van der Waals surface area contributed by atoms with E-state index in [0.29, 0.717) is 0 Å². The smallest absolute Gasteiger partial charge is 0.0471 e. The van der Waals surface area contributed by atoms with Crippen molar-refractivity contribution in [2.45, 2.75) is 0 Å². The van der Waals surface area contributed by atoms with E-state index in [9.17, 15) is 0 Å². The van der Waals surface area contributed by atoms with Crippen LogP contribution in [0.1, 0.15) is 0 Å². The monoisotopic (exact) mass is 495 g/mol. The van der Waals surface area contributed by atoms with Gasteiger partial charge in [0.05, 0.1) is 0 Å². The number of aromatic nitrogens is 1. The highest BCUT2D eigenvalue weighted by Gasteiger charge is 2.19. The summed E-state index contributed by atoms with van der Waals surface area (Å²) in [7, 11) is 0. The largest absolute Gasteiger partial charge is 0.354 e. The van der Waals surface area contributed by atoms with Gasteiger partial charge in [0.1, 0.15) is 0 Å². The minimum atomic E-state index is 1.17. The number of nitrogens with one attached hydrogen (secondary N) is 1. The van der Waals surface area contributed by atoms with E-state index in [4.69, 9.17) is 0 Å². The van der Waals surface area contributed by atoms with Crippen LogP contribution in [-0.2, 0) is 0 Å². The van der Waals surface area contributed by atoms with Gasteiger partial charge >= 0.3 is 0 Å². The molecule has 1 nitrogen and oxygen atoms in total. The Morgan fingerprint density at radius 3 is 1.46 bits per heavy atom. The summed E-state index contributed by atoms with van der Waals surface area (Å²) in [5, 5.41) is 7.64. The molecule has 0 aliphatic heterocycles. The number of H-pyrrole nitrogens is 1. The van der Waals surface area contributed by atoms with Crippen LogP contribution in [0.15, 0.2) is 146 Å². The molecule has 0 aliphatic carbocycles. The number of hydrogen-bond acceptors (Lipinski definition) is 0. The normalized spacial score (nSPS) is 11.6. The third kappa shape index (κ3) is 3.41. The fourth-order valence-corrected chi connectivity index (χ4v) is 6.30. The number of fused-ring (bicyclic) bond motifs is 5. The van der Waals surface area contributed by atoms with Crippen LogP contribution in [0.25, 0.3) is 76.7 Å². The second-order valence-corrected chi connectivity index (χ2v) is 10.2. The first kappa shape index (κ1) is 21.9. The lowest BCUT2D eigenvalue weighted by molar-refractivity contribution is 1.55. The van der Waals surface area contributed by atoms with Gasteiger partial charge in [-0.15, -0.1) is 0 Å². The van der Waals surface area contributed by atoms with E-state index in [-0.39, 0.29) is 0 Å². The standard InChI is InChI=1S/C38H25N/c1-2-11-25(12-3-1)26-21-23-27(24-22-26)36-28-13-4-6-15-30(28)37(31-16-7-5-14-29(31)36)33-18-10-20-35-38(33)32-17-8-9-19-34(32)39-35/h1-24,39H. The van der Waals surface area contributed by atoms with Crippen LogP contribution >= 0.6 is 0 Å². The molecule has 0 bridgehead atoms. The highest BCUT2D eigenvalue weighted by atomic mass is 14.7. The zero-order valence-corrected chi connectivity index (χ0v) is 21.4. The fraction of sp³-hybridized carbons (Fsp3) is 0. The van der Waals surface area contributed by atoms with E-state index in [1.807, 2.05) is 0 Å². The van der Waals surface area contributed by atoms with Crippen molar-refractivity contribution in [3.63, 3.8) is 0 Å². The molecule has 7 aromatic carbocycles. The predicted molar refractivity (Wildman–Crippen MR) is 167 cm³/mol. The summed E-state index contributed by atoms with van der Waals surface area (Å²) in [6.45, 7) is 0. The zero-order chi connectivity index (χ0) is 25.8. The summed E-state index contributed by atoms with van der Waals surface area (Å²) >= 11 is 0. The zero-order valence-electron chi connectivity index (χ0n) is 21.4. The Balaban J connectivity index is 1.45. The average Bonchev–Trinajstić information content (AvgIpc) is 3.40. The molecule has 182 valence electrons. The van der Waals surface area contributed by atoms with Gasteiger partial charge in [-0.2, -0.15) is 0 Å². The van der Waals surface area contributed by atoms with Crippen LogP contribution in [0.2, 0.25) is 0 Å². The predicted octanol–water partition coefficient (Wildman–Crippen LogP) is 10.6. The molecular formula is C38H25N. The number of para-hydroxylation sites is 1. The third-order valence-electron chi connectivity index (χ3n) is 8.01. The molecule has 0 radical (unpaired) electrons. The number of hydrogen-bond donors (Lipinski definition) is 1. The van der Waals surface area contributed by atoms with Crippen LogP contribution in [-0.4, -0.2) is 4.98 Å². The number of rotatable bonds is 3. The highest BCUT2D eigenvalue weighted by Crippen LogP contribution is 2.46. The van der Waals surface area contributed by atoms with E-state index in [2.05, 4.69) is 151 Å². The molecule has 1 aromatic heterocycles. The Kier molecular flexibility index (Phi) is 4.89. The summed E-state index contributed by atoms with van der Waals surface area (Å²) in [4.78, 5) is 3.64. The van der Waals surface area contributed by atoms with E-state index in [1.165, 1.54) is 76.7 Å². The van der Waals surface area contributed by atoms with Crippen LogP contribution in [0.4, 0.5) is 0 Å². The lowest BCUT2D eigenvalue weighted by Gasteiger charge is -2.18. The van der Waals surface area contributed by atoms with Gasteiger partial charge in [0.15, 0.2) is 0 Å². The van der Waals surface area contributed by atoms with Crippen molar-refractivity contribution in [2.24, 2.45) is 0 Å². The topological polar surface area (TPSA) is 15.8 Å². The Hall–Kier alpha value is -5.14. The Morgan fingerprint density at radius 2 is 0.795 bits per heavy atom. The molecule has 8 rings (SSSR count). The maximum atomic E-state index is 3.64. The molecule has 0 spiro atoms. The summed E-state index contributed by atoms with van der Waals surface area (Å²) in [6, 6.07) is 52.7. The van der Waals surface area contributed by atoms with E-state index >= 15 is 0 Å². The van der Waals surface area contributed by atoms with Crippen LogP contribution < -0.4 is 0 Å². The SMILES string of the molecule is c1ccc(-c2ccc(-c3c4ccccc4c(-c4cccc5[nH]c6ccccc6c45)c4ccccc34)cc2)cc1. The first-order valence-corrected chi connectivity index (χ1v) is 13.5. The van der Waals surface area contributed by atoms with Crippen molar-refractivity contribution >= 4 is 43.4 Å². The summed E-state index contributed by atoms with van der Waals surface area (Å²) < 4.78 is 0. The second-order valence-electron chi connectivity index (χ2n) is 10.2. The Labute approximate surface area is 227 Å². The van der Waals surface area contributed by atoms with Gasteiger partial charge in [0.25, 0.3) is 0 Å². The molecule has 0 aliphatic rings. The average molecular weight is 496 g/mol. The first-order chi connectivity index (χ1) is 19.4. The fourth-order valence-electron chi connectivity index (χ4n) is 6.30. The van der Waals surface area contributed by atoms with Crippen molar-refractivity contribution in [3.05, 3.63) is 146 Å². The highest BCUT2D eigenvalue weighted by molar-refractivity contribution is 6.26. The maximum Gasteiger partial charge on any atom is 0.0471 e. The molecule has 1 heterocycles. The lowest BCUT2D eigenvalue weighted by atomic mass is 9.84. The minimum Gasteiger partial charge on any atom is -0.354 e. The number of aromatic amines is 1. The van der Waals surface area contributed by atoms with Crippen LogP contribution in [0.5, 0.6) is 0 Å². The van der Waals surface area contributed by atoms with Gasteiger partial charge in [0.2, 0.25) is 0 Å². The Bertz CT molecular complexity index is 2090. The minimum absolute atomic E-state index is 1.17. The molecule has 0 fully saturated rings. The molecule has 39 heavy (non-hydrogen) atoms. The number of benzene rings is 7. The first-order valence-electron chi connectivity index (χ1n) is 13.5. The maximum absolute atomic E-state index is 3.64. The quantitative estimate of drug-likeness (QED) is 0.235. The van der Waals surface area contributed by atoms with Gasteiger partial charge in [0, 0.05) is 21.8 Å². The molecular weight excluding hydrogens is 470 g/mol. The van der Waals surface area contributed by atoms with Gasteiger partial charge in [-0.25, -0.2) is 0 Å². The molecule has 0 saturated heterocycles. The molecule has 0 unspecified atom stereocenters. The van der Waals surface area contributed by atoms with Crippen LogP contribution in [0, 0.1) is 0 Å². The van der Waals surface area contributed by atoms with E-state index < -0.39 is 0 Å². The lowest BCUT2D eigenvalue weighted by Crippen LogP contribution is -1.91. The molecule has 0 saturated carbocycles. The van der Waals surface area contributed by atoms with Gasteiger partial charge < -0.3 is 4.98 Å². The second kappa shape index (κ2) is 8.72. The summed E-state index contributed by atoms with van der Waals surface area (Å²) in [5.41, 5.74) is 9.89. The molecule has 1 N–H and O–H groups in total. The van der Waals surface area contributed by atoms with E-state index in [0.717, 1.165) is 0 Å². The van der Waals surface area contributed by atoms with Crippen molar-refractivity contribution in [1.29, 1.82) is 0 Å². The Morgan fingerprint density at radius 1 is 0.308 bits per heavy atom.